The molecule has 0 unspecified atom stereocenters. The largest absolute Gasteiger partial charge is 0.481 e. The number of hydrogen-bond acceptors (Lipinski definition) is 1. The second kappa shape index (κ2) is 20.0. The fraction of sp³-hybridized carbons (Fsp3) is 0.944. The molecule has 0 saturated carbocycles. The first-order valence-electron chi connectivity index (χ1n) is 8.99. The molecule has 0 atom stereocenters. The third-order valence-corrected chi connectivity index (χ3v) is 3.99. The van der Waals surface area contributed by atoms with Crippen LogP contribution in [0, 0.1) is 0 Å². The number of carboxylic acid groups (broad SMARTS) is 1. The van der Waals surface area contributed by atoms with E-state index in [1.165, 1.54) is 83.5 Å². The predicted octanol–water partition coefficient (Wildman–Crippen LogP) is 6.33. The van der Waals surface area contributed by atoms with E-state index in [9.17, 15) is 4.79 Å². The average Bonchev–Trinajstić information content (AvgIpc) is 2.43. The van der Waals surface area contributed by atoms with E-state index in [0.717, 1.165) is 12.8 Å². The van der Waals surface area contributed by atoms with Crippen molar-refractivity contribution >= 4 is 5.97 Å². The van der Waals surface area contributed by atoms with Crippen LogP contribution >= 0.6 is 0 Å². The smallest absolute Gasteiger partial charge is 0.303 e. The molecule has 0 spiro atoms. The molecule has 0 aliphatic carbocycles. The molecule has 0 fully saturated rings. The van der Waals surface area contributed by atoms with E-state index in [4.69, 9.17) is 5.11 Å². The van der Waals surface area contributed by atoms with Gasteiger partial charge in [-0.25, -0.2) is 0 Å². The van der Waals surface area contributed by atoms with Crippen LogP contribution in [0.2, 0.25) is 0 Å². The van der Waals surface area contributed by atoms with Gasteiger partial charge in [-0.05, 0) is 6.42 Å². The van der Waals surface area contributed by atoms with Crippen molar-refractivity contribution in [2.75, 3.05) is 0 Å². The minimum atomic E-state index is -0.653. The Balaban J connectivity index is 0. The molecular formula is C18H36CoO2. The van der Waals surface area contributed by atoms with Gasteiger partial charge in [0.25, 0.3) is 0 Å². The zero-order valence-electron chi connectivity index (χ0n) is 14.0. The standard InChI is InChI=1S/C18H36O2.Co/c1-2-3-4-5-6-7-8-9-10-11-12-13-14-15-16-17-18(19)20;/h2-17H2,1H3,(H,19,20);. The summed E-state index contributed by atoms with van der Waals surface area (Å²) in [7, 11) is 0. The second-order valence-corrected chi connectivity index (χ2v) is 6.09. The van der Waals surface area contributed by atoms with Crippen molar-refractivity contribution in [1.29, 1.82) is 0 Å². The van der Waals surface area contributed by atoms with Gasteiger partial charge in [-0.15, -0.1) is 0 Å². The molecule has 0 aromatic heterocycles. The van der Waals surface area contributed by atoms with E-state index in [-0.39, 0.29) is 16.8 Å². The summed E-state index contributed by atoms with van der Waals surface area (Å²) in [4.78, 5) is 10.3. The maximum Gasteiger partial charge on any atom is 0.303 e. The van der Waals surface area contributed by atoms with Crippen LogP contribution in [0.3, 0.4) is 0 Å². The summed E-state index contributed by atoms with van der Waals surface area (Å²) in [5.41, 5.74) is 0. The van der Waals surface area contributed by atoms with Crippen molar-refractivity contribution in [3.63, 3.8) is 0 Å². The van der Waals surface area contributed by atoms with Crippen LogP contribution in [0.25, 0.3) is 0 Å². The Morgan fingerprint density at radius 3 is 1.19 bits per heavy atom. The molecule has 0 heterocycles. The quantitative estimate of drug-likeness (QED) is 0.332. The fourth-order valence-electron chi connectivity index (χ4n) is 2.65. The third-order valence-electron chi connectivity index (χ3n) is 3.99. The van der Waals surface area contributed by atoms with Crippen molar-refractivity contribution in [3.8, 4) is 0 Å². The van der Waals surface area contributed by atoms with Gasteiger partial charge in [0.15, 0.2) is 0 Å². The summed E-state index contributed by atoms with van der Waals surface area (Å²) in [6.45, 7) is 2.27. The summed E-state index contributed by atoms with van der Waals surface area (Å²) in [5, 5.41) is 8.52. The molecule has 3 heteroatoms. The Kier molecular flexibility index (Phi) is 22.1. The number of aliphatic carboxylic acids is 1. The van der Waals surface area contributed by atoms with E-state index in [1.807, 2.05) is 0 Å². The molecule has 0 amide bonds. The zero-order valence-corrected chi connectivity index (χ0v) is 15.0. The third kappa shape index (κ3) is 22.4. The van der Waals surface area contributed by atoms with Gasteiger partial charge in [0.05, 0.1) is 0 Å². The number of hydrogen-bond donors (Lipinski definition) is 1. The maximum atomic E-state index is 10.3. The Bertz CT molecular complexity index is 207. The van der Waals surface area contributed by atoms with Crippen LogP contribution in [0.5, 0.6) is 0 Å². The van der Waals surface area contributed by atoms with Crippen molar-refractivity contribution in [2.24, 2.45) is 0 Å². The molecule has 0 aromatic rings. The normalized spacial score (nSPS) is 10.3. The molecule has 1 radical (unpaired) electrons. The molecule has 1 N–H and O–H groups in total. The van der Waals surface area contributed by atoms with Crippen molar-refractivity contribution in [2.45, 2.75) is 110 Å². The van der Waals surface area contributed by atoms with Crippen LogP contribution in [0.15, 0.2) is 0 Å². The van der Waals surface area contributed by atoms with Crippen molar-refractivity contribution in [3.05, 3.63) is 0 Å². The van der Waals surface area contributed by atoms with Gasteiger partial charge in [-0.1, -0.05) is 96.8 Å². The minimum absolute atomic E-state index is 0. The van der Waals surface area contributed by atoms with E-state index >= 15 is 0 Å². The Hall–Kier alpha value is -0.0235. The molecule has 0 aliphatic heterocycles. The molecule has 2 nitrogen and oxygen atoms in total. The molecule has 0 rings (SSSR count). The van der Waals surface area contributed by atoms with E-state index in [2.05, 4.69) is 6.92 Å². The second-order valence-electron chi connectivity index (χ2n) is 6.09. The van der Waals surface area contributed by atoms with Crippen LogP contribution < -0.4 is 0 Å². The van der Waals surface area contributed by atoms with Gasteiger partial charge < -0.3 is 5.11 Å². The Morgan fingerprint density at radius 1 is 0.619 bits per heavy atom. The number of carboxylic acids is 1. The first-order chi connectivity index (χ1) is 9.77. The molecule has 0 bridgehead atoms. The Morgan fingerprint density at radius 2 is 0.905 bits per heavy atom. The van der Waals surface area contributed by atoms with Gasteiger partial charge in [-0.3, -0.25) is 4.79 Å². The van der Waals surface area contributed by atoms with Crippen molar-refractivity contribution in [1.82, 2.24) is 0 Å². The van der Waals surface area contributed by atoms with Gasteiger partial charge in [0.2, 0.25) is 0 Å². The average molecular weight is 343 g/mol. The van der Waals surface area contributed by atoms with Crippen molar-refractivity contribution < 1.29 is 26.7 Å². The Labute approximate surface area is 142 Å². The van der Waals surface area contributed by atoms with Crippen LogP contribution in [0.1, 0.15) is 110 Å². The summed E-state index contributed by atoms with van der Waals surface area (Å²) >= 11 is 0. The minimum Gasteiger partial charge on any atom is -0.481 e. The molecule has 0 aliphatic rings. The van der Waals surface area contributed by atoms with Crippen LogP contribution in [0.4, 0.5) is 0 Å². The number of unbranched alkanes of at least 4 members (excludes halogenated alkanes) is 14. The summed E-state index contributed by atoms with van der Waals surface area (Å²) < 4.78 is 0. The SMILES string of the molecule is CCCCCCCCCCCCCCCCCC(=O)O.[Co]. The molecule has 0 aromatic carbocycles. The van der Waals surface area contributed by atoms with E-state index in [1.54, 1.807) is 0 Å². The maximum absolute atomic E-state index is 10.3. The molecular weight excluding hydrogens is 307 g/mol. The molecule has 129 valence electrons. The summed E-state index contributed by atoms with van der Waals surface area (Å²) in [5.74, 6) is -0.653. The molecule has 0 saturated heterocycles. The van der Waals surface area contributed by atoms with Crippen LogP contribution in [-0.2, 0) is 21.6 Å². The first-order valence-corrected chi connectivity index (χ1v) is 8.99. The first kappa shape index (κ1) is 23.2. The summed E-state index contributed by atoms with van der Waals surface area (Å²) in [6, 6.07) is 0. The van der Waals surface area contributed by atoms with Gasteiger partial charge in [-0.2, -0.15) is 0 Å². The van der Waals surface area contributed by atoms with Gasteiger partial charge >= 0.3 is 5.97 Å². The van der Waals surface area contributed by atoms with E-state index in [0.29, 0.717) is 6.42 Å². The monoisotopic (exact) mass is 343 g/mol. The number of rotatable bonds is 16. The number of carbonyl (C=O) groups is 1. The van der Waals surface area contributed by atoms with Gasteiger partial charge in [0.1, 0.15) is 0 Å². The van der Waals surface area contributed by atoms with Gasteiger partial charge in [0, 0.05) is 23.2 Å². The fourth-order valence-corrected chi connectivity index (χ4v) is 2.65. The topological polar surface area (TPSA) is 37.3 Å². The molecule has 21 heavy (non-hydrogen) atoms. The van der Waals surface area contributed by atoms with E-state index < -0.39 is 5.97 Å². The predicted molar refractivity (Wildman–Crippen MR) is 87.2 cm³/mol. The van der Waals surface area contributed by atoms with Crippen LogP contribution in [-0.4, -0.2) is 11.1 Å². The zero-order chi connectivity index (χ0) is 14.9. The summed E-state index contributed by atoms with van der Waals surface area (Å²) in [6.07, 6.45) is 20.2.